The first-order valence-electron chi connectivity index (χ1n) is 13.5. The Bertz CT molecular complexity index is 1540. The minimum Gasteiger partial charge on any atom is -0.674 e. The summed E-state index contributed by atoms with van der Waals surface area (Å²) in [5.74, 6) is -5.17. The lowest BCUT2D eigenvalue weighted by Crippen LogP contribution is -2.59. The van der Waals surface area contributed by atoms with Crippen molar-refractivity contribution in [3.63, 3.8) is 0 Å². The third-order valence-electron chi connectivity index (χ3n) is 6.76. The van der Waals surface area contributed by atoms with E-state index in [0.29, 0.717) is 5.56 Å². The molecule has 0 radical (unpaired) electrons. The number of alkyl halides is 5. The summed E-state index contributed by atoms with van der Waals surface area (Å²) in [6.45, 7) is 0.897. The number of pyridine rings is 1. The van der Waals surface area contributed by atoms with Crippen LogP contribution in [0.15, 0.2) is 78.0 Å². The first-order valence-corrected chi connectivity index (χ1v) is 14.9. The van der Waals surface area contributed by atoms with Gasteiger partial charge in [-0.3, -0.25) is 14.6 Å². The van der Waals surface area contributed by atoms with Crippen LogP contribution in [0.1, 0.15) is 30.0 Å². The Labute approximate surface area is 256 Å². The van der Waals surface area contributed by atoms with Crippen LogP contribution in [-0.2, 0) is 38.5 Å². The number of nitrogens with zero attached hydrogens (tertiary/aromatic N) is 3. The maximum atomic E-state index is 13.1. The van der Waals surface area contributed by atoms with Gasteiger partial charge in [0.15, 0.2) is 0 Å². The minimum atomic E-state index is -4.94. The number of carbonyl (C=O) groups is 2. The van der Waals surface area contributed by atoms with E-state index >= 15 is 0 Å². The average molecular weight is 658 g/mol. The standard InChI is InChI=1S/C19H18F3N3O6S.C10H12F2N/c20-19(21,22)31-14-1-3-15(4-2-14)32(29,30)25-10-9-24(12-16(25)18(27)28)17(26)11-13-5-7-23-8-6-13;1-2-10(11,12)9-5-3-8(7-13)4-6-9/h1-8,16H,9-12H2,(H,27,28);3-6,13H,2,7H2,1H3/q;-1/t16-;/m1./s1. The van der Waals surface area contributed by atoms with Crippen LogP contribution in [0.4, 0.5) is 22.0 Å². The second-order valence-corrected chi connectivity index (χ2v) is 11.7. The third-order valence-corrected chi connectivity index (χ3v) is 8.68. The monoisotopic (exact) mass is 657 g/mol. The van der Waals surface area contributed by atoms with Crippen LogP contribution < -0.4 is 4.74 Å². The SMILES string of the molecule is CCC(F)(F)c1ccc(C[NH-])cc1.O=C(O)[C@H]1CN(C(=O)Cc2ccncc2)CCN1S(=O)(=O)c1ccc(OC(F)(F)F)cc1. The predicted octanol–water partition coefficient (Wildman–Crippen LogP) is 5.25. The summed E-state index contributed by atoms with van der Waals surface area (Å²) in [7, 11) is -4.36. The van der Waals surface area contributed by atoms with Gasteiger partial charge in [-0.05, 0) is 42.0 Å². The Morgan fingerprint density at radius 3 is 2.07 bits per heavy atom. The molecule has 0 aliphatic carbocycles. The molecule has 45 heavy (non-hydrogen) atoms. The highest BCUT2D eigenvalue weighted by Gasteiger charge is 2.41. The Morgan fingerprint density at radius 1 is 0.956 bits per heavy atom. The molecule has 0 bridgehead atoms. The van der Waals surface area contributed by atoms with Gasteiger partial charge in [0.2, 0.25) is 15.9 Å². The fraction of sp³-hybridized carbons (Fsp3) is 0.345. The second-order valence-electron chi connectivity index (χ2n) is 9.79. The van der Waals surface area contributed by atoms with Crippen molar-refractivity contribution >= 4 is 21.9 Å². The van der Waals surface area contributed by atoms with Crippen molar-refractivity contribution in [2.75, 3.05) is 19.6 Å². The number of amides is 1. The van der Waals surface area contributed by atoms with E-state index in [4.69, 9.17) is 5.73 Å². The van der Waals surface area contributed by atoms with Crippen molar-refractivity contribution < 1.29 is 49.8 Å². The van der Waals surface area contributed by atoms with Crippen molar-refractivity contribution in [1.29, 1.82) is 0 Å². The topological polar surface area (TPSA) is 141 Å². The minimum absolute atomic E-state index is 0.00226. The van der Waals surface area contributed by atoms with Gasteiger partial charge >= 0.3 is 12.3 Å². The van der Waals surface area contributed by atoms with Crippen LogP contribution >= 0.6 is 0 Å². The zero-order chi connectivity index (χ0) is 33.4. The molecule has 3 aromatic rings. The Balaban J connectivity index is 0.000000355. The number of aliphatic carboxylic acids is 1. The number of piperazine rings is 1. The highest BCUT2D eigenvalue weighted by molar-refractivity contribution is 7.89. The third kappa shape index (κ3) is 9.67. The molecule has 0 spiro atoms. The highest BCUT2D eigenvalue weighted by atomic mass is 32.2. The van der Waals surface area contributed by atoms with Crippen molar-refractivity contribution in [1.82, 2.24) is 14.2 Å². The number of aromatic nitrogens is 1. The van der Waals surface area contributed by atoms with E-state index in [2.05, 4.69) is 9.72 Å². The normalized spacial score (nSPS) is 16.0. The summed E-state index contributed by atoms with van der Waals surface area (Å²) in [6, 6.07) is 11.1. The molecule has 244 valence electrons. The maximum Gasteiger partial charge on any atom is 0.573 e. The van der Waals surface area contributed by atoms with Crippen LogP contribution in [0, 0.1) is 0 Å². The van der Waals surface area contributed by atoms with Gasteiger partial charge in [-0.25, -0.2) is 17.2 Å². The zero-order valence-electron chi connectivity index (χ0n) is 23.9. The summed E-state index contributed by atoms with van der Waals surface area (Å²) < 4.78 is 93.4. The quantitative estimate of drug-likeness (QED) is 0.310. The van der Waals surface area contributed by atoms with Gasteiger partial charge in [0.05, 0.1) is 11.3 Å². The Kier molecular flexibility index (Phi) is 11.6. The molecule has 1 aliphatic rings. The fourth-order valence-electron chi connectivity index (χ4n) is 4.29. The molecule has 10 nitrogen and oxygen atoms in total. The highest BCUT2D eigenvalue weighted by Crippen LogP contribution is 2.31. The second kappa shape index (κ2) is 14.8. The van der Waals surface area contributed by atoms with Gasteiger partial charge in [0, 0.05) is 44.0 Å². The Hall–Kier alpha value is -4.15. The van der Waals surface area contributed by atoms with Gasteiger partial charge in [-0.15, -0.1) is 19.7 Å². The summed E-state index contributed by atoms with van der Waals surface area (Å²) in [5.41, 5.74) is 8.50. The maximum absolute atomic E-state index is 13.1. The van der Waals surface area contributed by atoms with Crippen LogP contribution in [0.3, 0.4) is 0 Å². The molecule has 1 atom stereocenters. The molecule has 1 saturated heterocycles. The van der Waals surface area contributed by atoms with E-state index in [1.54, 1.807) is 24.3 Å². The summed E-state index contributed by atoms with van der Waals surface area (Å²) >= 11 is 0. The number of carboxylic acids is 1. The molecule has 16 heteroatoms. The first-order chi connectivity index (χ1) is 21.1. The van der Waals surface area contributed by atoms with Crippen molar-refractivity contribution in [2.45, 2.75) is 49.5 Å². The van der Waals surface area contributed by atoms with E-state index in [1.165, 1.54) is 36.4 Å². The van der Waals surface area contributed by atoms with Crippen molar-refractivity contribution in [3.05, 3.63) is 95.5 Å². The first kappa shape index (κ1) is 35.3. The molecule has 4 rings (SSSR count). The van der Waals surface area contributed by atoms with E-state index in [9.17, 15) is 45.1 Å². The summed E-state index contributed by atoms with van der Waals surface area (Å²) in [4.78, 5) is 29.1. The van der Waals surface area contributed by atoms with E-state index in [-0.39, 0.29) is 50.5 Å². The number of carbonyl (C=O) groups excluding carboxylic acids is 1. The molecule has 2 heterocycles. The van der Waals surface area contributed by atoms with Gasteiger partial charge in [0.1, 0.15) is 11.8 Å². The van der Waals surface area contributed by atoms with Gasteiger partial charge in [0.25, 0.3) is 5.92 Å². The number of benzene rings is 2. The number of nitrogens with one attached hydrogen (secondary N) is 1. The number of hydrogen-bond donors (Lipinski definition) is 1. The fourth-order valence-corrected chi connectivity index (χ4v) is 5.85. The molecular formula is C29H30F5N4O6S-. The van der Waals surface area contributed by atoms with Gasteiger partial charge < -0.3 is 20.5 Å². The summed E-state index contributed by atoms with van der Waals surface area (Å²) in [5, 5.41) is 9.58. The number of rotatable bonds is 9. The predicted molar refractivity (Wildman–Crippen MR) is 152 cm³/mol. The molecular weight excluding hydrogens is 627 g/mol. The van der Waals surface area contributed by atoms with Gasteiger partial charge in [-0.2, -0.15) is 4.31 Å². The smallest absolute Gasteiger partial charge is 0.573 e. The lowest BCUT2D eigenvalue weighted by Gasteiger charge is -2.38. The van der Waals surface area contributed by atoms with E-state index < -0.39 is 45.0 Å². The number of sulfonamides is 1. The molecule has 1 fully saturated rings. The van der Waals surface area contributed by atoms with E-state index in [1.807, 2.05) is 0 Å². The number of carboxylic acid groups (broad SMARTS) is 1. The van der Waals surface area contributed by atoms with Crippen LogP contribution in [-0.4, -0.2) is 71.6 Å². The lowest BCUT2D eigenvalue weighted by atomic mass is 10.0. The molecule has 0 saturated carbocycles. The molecule has 2 N–H and O–H groups in total. The summed E-state index contributed by atoms with van der Waals surface area (Å²) in [6.07, 6.45) is -2.10. The van der Waals surface area contributed by atoms with Crippen LogP contribution in [0.5, 0.6) is 5.75 Å². The van der Waals surface area contributed by atoms with Crippen molar-refractivity contribution in [3.8, 4) is 5.75 Å². The molecule has 2 aromatic carbocycles. The van der Waals surface area contributed by atoms with Crippen LogP contribution in [0.25, 0.3) is 5.73 Å². The molecule has 1 aromatic heterocycles. The zero-order valence-corrected chi connectivity index (χ0v) is 24.7. The number of hydrogen-bond acceptors (Lipinski definition) is 6. The number of ether oxygens (including phenoxy) is 1. The van der Waals surface area contributed by atoms with Crippen LogP contribution in [0.2, 0.25) is 0 Å². The molecule has 1 aliphatic heterocycles. The average Bonchev–Trinajstić information content (AvgIpc) is 3.01. The largest absolute Gasteiger partial charge is 0.674 e. The molecule has 0 unspecified atom stereocenters. The number of halogens is 5. The Morgan fingerprint density at radius 2 is 1.56 bits per heavy atom. The van der Waals surface area contributed by atoms with E-state index in [0.717, 1.165) is 34.1 Å². The van der Waals surface area contributed by atoms with Crippen molar-refractivity contribution in [2.24, 2.45) is 0 Å². The lowest BCUT2D eigenvalue weighted by molar-refractivity contribution is -0.274. The molecule has 1 amide bonds. The van der Waals surface area contributed by atoms with Gasteiger partial charge in [-0.1, -0.05) is 36.8 Å².